The molecule has 1 atom stereocenters. The highest BCUT2D eigenvalue weighted by Crippen LogP contribution is 2.24. The van der Waals surface area contributed by atoms with Gasteiger partial charge in [0.15, 0.2) is 4.96 Å². The van der Waals surface area contributed by atoms with Gasteiger partial charge in [0, 0.05) is 60.7 Å². The van der Waals surface area contributed by atoms with Crippen LogP contribution in [-0.2, 0) is 11.2 Å². The van der Waals surface area contributed by atoms with Gasteiger partial charge in [0.05, 0.1) is 18.9 Å². The molecule has 0 bridgehead atoms. The van der Waals surface area contributed by atoms with Gasteiger partial charge in [-0.05, 0) is 25.0 Å². The quantitative estimate of drug-likeness (QED) is 0.373. The van der Waals surface area contributed by atoms with E-state index in [9.17, 15) is 4.79 Å². The number of benzene rings is 2. The number of carbonyl (C=O) groups is 1. The van der Waals surface area contributed by atoms with Gasteiger partial charge >= 0.3 is 6.03 Å². The molecule has 1 fully saturated rings. The number of nitrogens with zero attached hydrogens (tertiary/aromatic N) is 3. The van der Waals surface area contributed by atoms with E-state index in [4.69, 9.17) is 14.5 Å². The first-order valence-electron chi connectivity index (χ1n) is 11.5. The van der Waals surface area contributed by atoms with E-state index < -0.39 is 0 Å². The van der Waals surface area contributed by atoms with Gasteiger partial charge in [-0.3, -0.25) is 4.40 Å². The topological polar surface area (TPSA) is 68.1 Å². The Morgan fingerprint density at radius 1 is 1.26 bits per heavy atom. The maximum absolute atomic E-state index is 13.2. The van der Waals surface area contributed by atoms with Gasteiger partial charge < -0.3 is 19.7 Å². The van der Waals surface area contributed by atoms with E-state index in [2.05, 4.69) is 33.4 Å². The highest BCUT2D eigenvalue weighted by atomic mass is 32.1. The summed E-state index contributed by atoms with van der Waals surface area (Å²) < 4.78 is 13.2. The maximum Gasteiger partial charge on any atom is 0.321 e. The summed E-state index contributed by atoms with van der Waals surface area (Å²) in [4.78, 5) is 20.8. The number of imidazole rings is 1. The highest BCUT2D eigenvalue weighted by molar-refractivity contribution is 7.15. The van der Waals surface area contributed by atoms with Gasteiger partial charge in [-0.25, -0.2) is 9.78 Å². The second-order valence-electron chi connectivity index (χ2n) is 8.36. The smallest absolute Gasteiger partial charge is 0.321 e. The number of nitrogens with one attached hydrogen (secondary N) is 1. The van der Waals surface area contributed by atoms with Crippen molar-refractivity contribution in [1.29, 1.82) is 0 Å². The molecule has 2 aromatic carbocycles. The van der Waals surface area contributed by atoms with Crippen LogP contribution in [0, 0.1) is 0 Å². The van der Waals surface area contributed by atoms with Crippen LogP contribution in [-0.4, -0.2) is 53.2 Å². The molecule has 0 saturated carbocycles. The first-order valence-corrected chi connectivity index (χ1v) is 12.4. The predicted molar refractivity (Wildman–Crippen MR) is 135 cm³/mol. The van der Waals surface area contributed by atoms with Crippen molar-refractivity contribution >= 4 is 28.0 Å². The number of aromatic nitrogens is 2. The molecule has 8 heteroatoms. The lowest BCUT2D eigenvalue weighted by Gasteiger charge is -2.26. The minimum Gasteiger partial charge on any atom is -0.497 e. The summed E-state index contributed by atoms with van der Waals surface area (Å²) >= 11 is 1.62. The first-order chi connectivity index (χ1) is 16.7. The van der Waals surface area contributed by atoms with Crippen LogP contribution in [0.2, 0.25) is 0 Å². The number of methoxy groups -OCH3 is 1. The molecule has 0 aliphatic carbocycles. The summed E-state index contributed by atoms with van der Waals surface area (Å²) in [7, 11) is 1.62. The van der Waals surface area contributed by atoms with Gasteiger partial charge in [-0.2, -0.15) is 0 Å². The van der Waals surface area contributed by atoms with Crippen molar-refractivity contribution in [3.8, 4) is 17.0 Å². The summed E-state index contributed by atoms with van der Waals surface area (Å²) in [6.07, 6.45) is 4.91. The van der Waals surface area contributed by atoms with E-state index in [1.807, 2.05) is 47.4 Å². The van der Waals surface area contributed by atoms with Gasteiger partial charge in [-0.15, -0.1) is 11.3 Å². The second-order valence-corrected chi connectivity index (χ2v) is 9.20. The molecule has 2 aromatic heterocycles. The van der Waals surface area contributed by atoms with Crippen LogP contribution in [0.4, 0.5) is 10.5 Å². The zero-order valence-electron chi connectivity index (χ0n) is 19.1. The summed E-state index contributed by atoms with van der Waals surface area (Å²) in [5.41, 5.74) is 3.91. The average molecular weight is 477 g/mol. The van der Waals surface area contributed by atoms with Crippen LogP contribution in [0.25, 0.3) is 16.2 Å². The van der Waals surface area contributed by atoms with E-state index in [1.54, 1.807) is 18.4 Å². The molecule has 1 N–H and O–H groups in total. The van der Waals surface area contributed by atoms with Gasteiger partial charge in [0.1, 0.15) is 5.75 Å². The van der Waals surface area contributed by atoms with Crippen molar-refractivity contribution < 1.29 is 14.3 Å². The number of ether oxygens (including phenoxy) is 2. The molecule has 1 saturated heterocycles. The number of anilines is 1. The Kier molecular flexibility index (Phi) is 6.78. The maximum atomic E-state index is 13.2. The predicted octanol–water partition coefficient (Wildman–Crippen LogP) is 5.33. The molecule has 1 unspecified atom stereocenters. The third-order valence-electron chi connectivity index (χ3n) is 6.05. The Bertz CT molecular complexity index is 1250. The van der Waals surface area contributed by atoms with Gasteiger partial charge in [-0.1, -0.05) is 36.4 Å². The van der Waals surface area contributed by atoms with Gasteiger partial charge in [0.25, 0.3) is 0 Å². The van der Waals surface area contributed by atoms with Crippen molar-refractivity contribution in [2.45, 2.75) is 25.4 Å². The number of thiazole rings is 1. The van der Waals surface area contributed by atoms with E-state index >= 15 is 0 Å². The van der Waals surface area contributed by atoms with Crippen LogP contribution >= 0.6 is 11.3 Å². The normalized spacial score (nSPS) is 15.5. The van der Waals surface area contributed by atoms with E-state index in [0.29, 0.717) is 24.5 Å². The lowest BCUT2D eigenvalue weighted by atomic mass is 10.2. The Morgan fingerprint density at radius 2 is 2.15 bits per heavy atom. The summed E-state index contributed by atoms with van der Waals surface area (Å²) in [6, 6.07) is 17.5. The molecule has 1 aliphatic rings. The molecule has 34 heavy (non-hydrogen) atoms. The van der Waals surface area contributed by atoms with Crippen LogP contribution in [0.1, 0.15) is 18.5 Å². The average Bonchev–Trinajstić information content (AvgIpc) is 3.61. The molecule has 176 valence electrons. The summed E-state index contributed by atoms with van der Waals surface area (Å²) in [5.74, 6) is 0.707. The zero-order chi connectivity index (χ0) is 23.3. The standard InChI is InChI=1S/C26H28N4O3S/c1-32-22-10-5-9-20(15-22)27-25(31)29(16-23-11-6-14-33-23)13-12-21-18-34-26-28-24(17-30(21)26)19-7-3-2-4-8-19/h2-5,7-10,15,17-18,23H,6,11-14,16H2,1H3,(H,27,31). The fourth-order valence-corrected chi connectivity index (χ4v) is 5.13. The SMILES string of the molecule is COc1cccc(NC(=O)N(CCc2csc3nc(-c4ccccc4)cn23)CC2CCCO2)c1. The van der Waals surface area contributed by atoms with Crippen LogP contribution in [0.15, 0.2) is 66.2 Å². The Morgan fingerprint density at radius 3 is 2.94 bits per heavy atom. The minimum atomic E-state index is -0.133. The fourth-order valence-electron chi connectivity index (χ4n) is 4.22. The number of fused-ring (bicyclic) bond motifs is 1. The highest BCUT2D eigenvalue weighted by Gasteiger charge is 2.23. The largest absolute Gasteiger partial charge is 0.497 e. The Labute approximate surface area is 203 Å². The van der Waals surface area contributed by atoms with Crippen molar-refractivity contribution in [3.05, 3.63) is 71.9 Å². The monoisotopic (exact) mass is 476 g/mol. The summed E-state index contributed by atoms with van der Waals surface area (Å²) in [6.45, 7) is 1.92. The number of amides is 2. The molecule has 0 spiro atoms. The first kappa shape index (κ1) is 22.4. The molecule has 2 amide bonds. The third-order valence-corrected chi connectivity index (χ3v) is 6.94. The van der Waals surface area contributed by atoms with Gasteiger partial charge in [0.2, 0.25) is 0 Å². The molecule has 4 aromatic rings. The number of carbonyl (C=O) groups excluding carboxylic acids is 1. The lowest BCUT2D eigenvalue weighted by Crippen LogP contribution is -2.41. The molecule has 7 nitrogen and oxygen atoms in total. The summed E-state index contributed by atoms with van der Waals surface area (Å²) in [5, 5.41) is 5.14. The molecule has 1 aliphatic heterocycles. The van der Waals surface area contributed by atoms with E-state index in [-0.39, 0.29) is 12.1 Å². The van der Waals surface area contributed by atoms with Crippen molar-refractivity contribution in [1.82, 2.24) is 14.3 Å². The molecule has 0 radical (unpaired) electrons. The lowest BCUT2D eigenvalue weighted by molar-refractivity contribution is 0.0838. The van der Waals surface area contributed by atoms with Crippen LogP contribution in [0.5, 0.6) is 5.75 Å². The van der Waals surface area contributed by atoms with E-state index in [0.717, 1.165) is 47.8 Å². The van der Waals surface area contributed by atoms with Crippen molar-refractivity contribution in [2.75, 3.05) is 32.1 Å². The number of rotatable bonds is 8. The molecule has 3 heterocycles. The Hall–Kier alpha value is -3.36. The molecule has 5 rings (SSSR count). The third kappa shape index (κ3) is 5.08. The van der Waals surface area contributed by atoms with Crippen LogP contribution in [0.3, 0.4) is 0 Å². The number of urea groups is 1. The molecular formula is C26H28N4O3S. The second kappa shape index (κ2) is 10.3. The zero-order valence-corrected chi connectivity index (χ0v) is 20.0. The van der Waals surface area contributed by atoms with Crippen molar-refractivity contribution in [2.24, 2.45) is 0 Å². The Balaban J connectivity index is 1.31. The number of hydrogen-bond acceptors (Lipinski definition) is 5. The van der Waals surface area contributed by atoms with Crippen LogP contribution < -0.4 is 10.1 Å². The van der Waals surface area contributed by atoms with Crippen molar-refractivity contribution in [3.63, 3.8) is 0 Å². The van der Waals surface area contributed by atoms with E-state index in [1.165, 1.54) is 0 Å². The number of hydrogen-bond donors (Lipinski definition) is 1. The molecular weight excluding hydrogens is 448 g/mol. The minimum absolute atomic E-state index is 0.0801. The fraction of sp³-hybridized carbons (Fsp3) is 0.308.